The second-order valence-electron chi connectivity index (χ2n) is 6.43. The van der Waals surface area contributed by atoms with Gasteiger partial charge in [0, 0.05) is 5.56 Å². The molecule has 3 aromatic rings. The maximum Gasteiger partial charge on any atom is 0.322 e. The van der Waals surface area contributed by atoms with Crippen molar-refractivity contribution >= 4 is 11.7 Å². The highest BCUT2D eigenvalue weighted by atomic mass is 16.5. The molecule has 6 nitrogen and oxygen atoms in total. The Hall–Kier alpha value is -3.41. The number of carbonyl (C=O) groups excluding carboxylic acids is 1. The summed E-state index contributed by atoms with van der Waals surface area (Å²) in [6.07, 6.45) is 1.57. The van der Waals surface area contributed by atoms with Crippen LogP contribution in [-0.4, -0.2) is 22.6 Å². The number of para-hydroxylation sites is 1. The van der Waals surface area contributed by atoms with Crippen LogP contribution >= 0.6 is 0 Å². The van der Waals surface area contributed by atoms with Crippen LogP contribution in [0.15, 0.2) is 65.3 Å². The average molecular weight is 380 g/mol. The lowest BCUT2D eigenvalue weighted by Crippen LogP contribution is -2.34. The largest absolute Gasteiger partial charge is 0.508 e. The van der Waals surface area contributed by atoms with Crippen LogP contribution in [0.4, 0.5) is 10.5 Å². The molecule has 6 heteroatoms. The molecule has 0 aliphatic rings. The Balaban J connectivity index is 1.83. The van der Waals surface area contributed by atoms with Gasteiger partial charge in [0.2, 0.25) is 0 Å². The van der Waals surface area contributed by atoms with Crippen molar-refractivity contribution in [1.29, 1.82) is 0 Å². The van der Waals surface area contributed by atoms with Gasteiger partial charge in [-0.3, -0.25) is 0 Å². The van der Waals surface area contributed by atoms with Crippen LogP contribution in [0.5, 0.6) is 11.5 Å². The fourth-order valence-corrected chi connectivity index (χ4v) is 2.84. The van der Waals surface area contributed by atoms with E-state index in [1.165, 1.54) is 0 Å². The number of phenolic OH excluding ortho intramolecular Hbond substituents is 1. The summed E-state index contributed by atoms with van der Waals surface area (Å²) in [6, 6.07) is 15.9. The van der Waals surface area contributed by atoms with E-state index < -0.39 is 0 Å². The molecule has 3 rings (SSSR count). The van der Waals surface area contributed by atoms with Crippen molar-refractivity contribution in [3.63, 3.8) is 0 Å². The van der Waals surface area contributed by atoms with E-state index >= 15 is 0 Å². The van der Waals surface area contributed by atoms with E-state index in [0.717, 1.165) is 5.56 Å². The summed E-state index contributed by atoms with van der Waals surface area (Å²) >= 11 is 0. The van der Waals surface area contributed by atoms with Gasteiger partial charge in [-0.05, 0) is 49.7 Å². The van der Waals surface area contributed by atoms with E-state index in [-0.39, 0.29) is 24.9 Å². The molecular formula is C22H24N2O4. The molecule has 0 saturated heterocycles. The SMILES string of the molecule is CCOc1cc(C)ccc1NC(=O)N(Cc1ccco1)Cc1ccccc1O. The summed E-state index contributed by atoms with van der Waals surface area (Å²) in [7, 11) is 0. The van der Waals surface area contributed by atoms with Crippen LogP contribution in [0, 0.1) is 6.92 Å². The standard InChI is InChI=1S/C22H24N2O4/c1-3-27-21-13-16(2)10-11-19(21)23-22(26)24(15-18-8-6-12-28-18)14-17-7-4-5-9-20(17)25/h4-13,25H,3,14-15H2,1-2H3,(H,23,26). The lowest BCUT2D eigenvalue weighted by Gasteiger charge is -2.23. The number of rotatable bonds is 7. The molecule has 0 spiro atoms. The van der Waals surface area contributed by atoms with Crippen molar-refractivity contribution in [1.82, 2.24) is 4.90 Å². The number of benzene rings is 2. The van der Waals surface area contributed by atoms with Gasteiger partial charge in [-0.2, -0.15) is 0 Å². The number of anilines is 1. The van der Waals surface area contributed by atoms with Crippen molar-refractivity contribution in [3.05, 3.63) is 77.7 Å². The summed E-state index contributed by atoms with van der Waals surface area (Å²) in [5.74, 6) is 1.42. The molecule has 2 N–H and O–H groups in total. The minimum Gasteiger partial charge on any atom is -0.508 e. The summed E-state index contributed by atoms with van der Waals surface area (Å²) in [6.45, 7) is 4.86. The van der Waals surface area contributed by atoms with Gasteiger partial charge in [-0.15, -0.1) is 0 Å². The zero-order valence-corrected chi connectivity index (χ0v) is 16.0. The van der Waals surface area contributed by atoms with Gasteiger partial charge in [0.05, 0.1) is 31.6 Å². The monoisotopic (exact) mass is 380 g/mol. The Labute approximate surface area is 164 Å². The number of nitrogens with zero attached hydrogens (tertiary/aromatic N) is 1. The van der Waals surface area contributed by atoms with Crippen LogP contribution in [-0.2, 0) is 13.1 Å². The highest BCUT2D eigenvalue weighted by molar-refractivity contribution is 5.91. The van der Waals surface area contributed by atoms with Crippen molar-refractivity contribution in [3.8, 4) is 11.5 Å². The van der Waals surface area contributed by atoms with Crippen LogP contribution in [0.1, 0.15) is 23.8 Å². The number of ether oxygens (including phenoxy) is 1. The third-order valence-corrected chi connectivity index (χ3v) is 4.25. The number of hydrogen-bond donors (Lipinski definition) is 2. The predicted octanol–water partition coefficient (Wildman–Crippen LogP) is 4.93. The number of aromatic hydroxyl groups is 1. The number of urea groups is 1. The second-order valence-corrected chi connectivity index (χ2v) is 6.43. The second kappa shape index (κ2) is 8.99. The molecule has 0 aliphatic carbocycles. The number of furan rings is 1. The summed E-state index contributed by atoms with van der Waals surface area (Å²) in [5.41, 5.74) is 2.29. The lowest BCUT2D eigenvalue weighted by atomic mass is 10.2. The molecule has 0 fully saturated rings. The zero-order chi connectivity index (χ0) is 19.9. The number of carbonyl (C=O) groups is 1. The predicted molar refractivity (Wildman–Crippen MR) is 107 cm³/mol. The van der Waals surface area contributed by atoms with Crippen molar-refractivity contribution < 1.29 is 19.1 Å². The number of nitrogens with one attached hydrogen (secondary N) is 1. The van der Waals surface area contributed by atoms with E-state index in [2.05, 4.69) is 5.32 Å². The smallest absolute Gasteiger partial charge is 0.322 e. The Morgan fingerprint density at radius 2 is 1.96 bits per heavy atom. The normalized spacial score (nSPS) is 10.5. The van der Waals surface area contributed by atoms with Gasteiger partial charge < -0.3 is 24.5 Å². The fourth-order valence-electron chi connectivity index (χ4n) is 2.84. The van der Waals surface area contributed by atoms with Gasteiger partial charge in [0.15, 0.2) is 0 Å². The van der Waals surface area contributed by atoms with Gasteiger partial charge in [-0.1, -0.05) is 24.3 Å². The molecule has 28 heavy (non-hydrogen) atoms. The minimum atomic E-state index is -0.315. The topological polar surface area (TPSA) is 74.9 Å². The quantitative estimate of drug-likeness (QED) is 0.610. The highest BCUT2D eigenvalue weighted by Gasteiger charge is 2.19. The molecule has 2 amide bonds. The first-order chi connectivity index (χ1) is 13.6. The lowest BCUT2D eigenvalue weighted by molar-refractivity contribution is 0.200. The summed E-state index contributed by atoms with van der Waals surface area (Å²) in [4.78, 5) is 14.6. The first-order valence-electron chi connectivity index (χ1n) is 9.15. The minimum absolute atomic E-state index is 0.144. The number of amides is 2. The molecule has 1 heterocycles. The van der Waals surface area contributed by atoms with Crippen molar-refractivity contribution in [2.24, 2.45) is 0 Å². The van der Waals surface area contributed by atoms with Gasteiger partial charge in [0.25, 0.3) is 0 Å². The van der Waals surface area contributed by atoms with E-state index in [9.17, 15) is 9.90 Å². The highest BCUT2D eigenvalue weighted by Crippen LogP contribution is 2.27. The number of aryl methyl sites for hydroxylation is 1. The molecule has 0 saturated carbocycles. The molecular weight excluding hydrogens is 356 g/mol. The van der Waals surface area contributed by atoms with Gasteiger partial charge in [0.1, 0.15) is 17.3 Å². The summed E-state index contributed by atoms with van der Waals surface area (Å²) < 4.78 is 11.1. The fraction of sp³-hybridized carbons (Fsp3) is 0.227. The maximum absolute atomic E-state index is 13.0. The van der Waals surface area contributed by atoms with E-state index in [4.69, 9.17) is 9.15 Å². The first kappa shape index (κ1) is 19.4. The molecule has 0 unspecified atom stereocenters. The van der Waals surface area contributed by atoms with Crippen LogP contribution in [0.25, 0.3) is 0 Å². The molecule has 2 aromatic carbocycles. The van der Waals surface area contributed by atoms with Gasteiger partial charge >= 0.3 is 6.03 Å². The summed E-state index contributed by atoms with van der Waals surface area (Å²) in [5, 5.41) is 13.0. The molecule has 0 bridgehead atoms. The molecule has 0 radical (unpaired) electrons. The van der Waals surface area contributed by atoms with E-state index in [1.54, 1.807) is 35.4 Å². The third kappa shape index (κ3) is 4.85. The number of hydrogen-bond acceptors (Lipinski definition) is 4. The van der Waals surface area contributed by atoms with Crippen LogP contribution in [0.2, 0.25) is 0 Å². The van der Waals surface area contributed by atoms with Crippen LogP contribution in [0.3, 0.4) is 0 Å². The molecule has 1 aromatic heterocycles. The number of phenols is 1. The Bertz CT molecular complexity index is 922. The maximum atomic E-state index is 13.0. The van der Waals surface area contributed by atoms with Crippen molar-refractivity contribution in [2.45, 2.75) is 26.9 Å². The molecule has 0 aliphatic heterocycles. The molecule has 0 atom stereocenters. The Morgan fingerprint density at radius 1 is 1.14 bits per heavy atom. The van der Waals surface area contributed by atoms with Gasteiger partial charge in [-0.25, -0.2) is 4.79 Å². The Kier molecular flexibility index (Phi) is 6.22. The van der Waals surface area contributed by atoms with Crippen molar-refractivity contribution in [2.75, 3.05) is 11.9 Å². The van der Waals surface area contributed by atoms with E-state index in [1.807, 2.05) is 44.2 Å². The first-order valence-corrected chi connectivity index (χ1v) is 9.15. The third-order valence-electron chi connectivity index (χ3n) is 4.25. The van der Waals surface area contributed by atoms with Crippen LogP contribution < -0.4 is 10.1 Å². The molecule has 146 valence electrons. The Morgan fingerprint density at radius 3 is 2.68 bits per heavy atom. The van der Waals surface area contributed by atoms with E-state index in [0.29, 0.717) is 29.4 Å². The average Bonchev–Trinajstić information content (AvgIpc) is 3.18. The zero-order valence-electron chi connectivity index (χ0n) is 16.0.